The lowest BCUT2D eigenvalue weighted by atomic mass is 10.2. The largest absolute Gasteiger partial charge is 0.454 e. The Balaban J connectivity index is 1.71. The molecule has 1 amide bonds. The number of nitrogens with zero attached hydrogens (tertiary/aromatic N) is 1. The lowest BCUT2D eigenvalue weighted by molar-refractivity contribution is 0.0954. The smallest absolute Gasteiger partial charge is 0.271 e. The number of hydrogen-bond donors (Lipinski definition) is 1. The Kier molecular flexibility index (Phi) is 3.93. The van der Waals surface area contributed by atoms with Gasteiger partial charge in [-0.2, -0.15) is 5.10 Å². The number of amides is 1. The minimum absolute atomic E-state index is 0.141. The lowest BCUT2D eigenvalue weighted by Gasteiger charge is -2.02. The zero-order valence-corrected chi connectivity index (χ0v) is 11.9. The molecule has 0 radical (unpaired) electrons. The fraction of sp³-hybridized carbons (Fsp3) is 0.0667. The van der Waals surface area contributed by atoms with Crippen molar-refractivity contribution in [2.45, 2.75) is 0 Å². The fourth-order valence-electron chi connectivity index (χ4n) is 1.89. The number of hydrazone groups is 1. The number of carbonyl (C=O) groups is 1. The van der Waals surface area contributed by atoms with Crippen LogP contribution in [-0.2, 0) is 0 Å². The van der Waals surface area contributed by atoms with Gasteiger partial charge in [0.15, 0.2) is 11.5 Å². The maximum atomic E-state index is 13.0. The lowest BCUT2D eigenvalue weighted by Crippen LogP contribution is -2.17. The van der Waals surface area contributed by atoms with E-state index in [-0.39, 0.29) is 12.4 Å². The van der Waals surface area contributed by atoms with E-state index in [0.29, 0.717) is 22.1 Å². The van der Waals surface area contributed by atoms with Gasteiger partial charge in [-0.3, -0.25) is 4.79 Å². The molecule has 3 rings (SSSR count). The van der Waals surface area contributed by atoms with Crippen molar-refractivity contribution in [3.63, 3.8) is 0 Å². The molecule has 0 spiro atoms. The molecule has 0 bridgehead atoms. The average molecular weight is 321 g/mol. The van der Waals surface area contributed by atoms with Gasteiger partial charge in [0.2, 0.25) is 6.79 Å². The normalized spacial score (nSPS) is 12.6. The van der Waals surface area contributed by atoms with Crippen LogP contribution < -0.4 is 14.9 Å². The van der Waals surface area contributed by atoms with E-state index < -0.39 is 11.7 Å². The molecular formula is C15H10ClFN2O3. The van der Waals surface area contributed by atoms with Crippen molar-refractivity contribution in [2.75, 3.05) is 6.79 Å². The number of carbonyl (C=O) groups excluding carboxylic acids is 1. The molecule has 0 saturated heterocycles. The maximum absolute atomic E-state index is 13.0. The van der Waals surface area contributed by atoms with Crippen LogP contribution in [0.25, 0.3) is 0 Å². The minimum atomic E-state index is -0.521. The van der Waals surface area contributed by atoms with E-state index in [9.17, 15) is 9.18 Å². The van der Waals surface area contributed by atoms with Gasteiger partial charge >= 0.3 is 0 Å². The summed E-state index contributed by atoms with van der Waals surface area (Å²) >= 11 is 6.07. The summed E-state index contributed by atoms with van der Waals surface area (Å²) in [4.78, 5) is 11.8. The van der Waals surface area contributed by atoms with Crippen LogP contribution in [0.3, 0.4) is 0 Å². The Labute approximate surface area is 130 Å². The van der Waals surface area contributed by atoms with Gasteiger partial charge in [-0.1, -0.05) is 17.7 Å². The number of rotatable bonds is 3. The van der Waals surface area contributed by atoms with Crippen LogP contribution in [0.15, 0.2) is 41.5 Å². The molecule has 0 unspecified atom stereocenters. The summed E-state index contributed by atoms with van der Waals surface area (Å²) in [7, 11) is 0. The molecule has 1 aliphatic rings. The first-order chi connectivity index (χ1) is 10.6. The summed E-state index contributed by atoms with van der Waals surface area (Å²) in [6.45, 7) is 0.141. The first kappa shape index (κ1) is 14.3. The number of ether oxygens (including phenoxy) is 2. The Morgan fingerprint density at radius 1 is 1.27 bits per heavy atom. The predicted molar refractivity (Wildman–Crippen MR) is 79.0 cm³/mol. The molecule has 5 nitrogen and oxygen atoms in total. The number of benzene rings is 2. The Hall–Kier alpha value is -2.60. The van der Waals surface area contributed by atoms with Gasteiger partial charge in [0.25, 0.3) is 5.91 Å². The zero-order valence-electron chi connectivity index (χ0n) is 11.2. The molecule has 0 aliphatic carbocycles. The van der Waals surface area contributed by atoms with E-state index in [1.807, 2.05) is 0 Å². The first-order valence-corrected chi connectivity index (χ1v) is 6.69. The van der Waals surface area contributed by atoms with Crippen molar-refractivity contribution in [2.24, 2.45) is 5.10 Å². The fourth-order valence-corrected chi connectivity index (χ4v) is 2.09. The van der Waals surface area contributed by atoms with Gasteiger partial charge in [-0.25, -0.2) is 9.82 Å². The van der Waals surface area contributed by atoms with E-state index in [4.69, 9.17) is 21.1 Å². The summed E-state index contributed by atoms with van der Waals surface area (Å²) in [6, 6.07) is 8.58. The van der Waals surface area contributed by atoms with Gasteiger partial charge in [-0.15, -0.1) is 0 Å². The average Bonchev–Trinajstić information content (AvgIpc) is 2.94. The first-order valence-electron chi connectivity index (χ1n) is 6.31. The quantitative estimate of drug-likeness (QED) is 0.698. The molecule has 0 aromatic heterocycles. The molecule has 7 heteroatoms. The van der Waals surface area contributed by atoms with Gasteiger partial charge < -0.3 is 9.47 Å². The molecule has 2 aromatic rings. The van der Waals surface area contributed by atoms with Crippen molar-refractivity contribution in [3.8, 4) is 11.5 Å². The van der Waals surface area contributed by atoms with E-state index in [2.05, 4.69) is 10.5 Å². The molecule has 22 heavy (non-hydrogen) atoms. The second-order valence-corrected chi connectivity index (χ2v) is 4.84. The van der Waals surface area contributed by atoms with Crippen LogP contribution in [-0.4, -0.2) is 18.9 Å². The predicted octanol–water partition coefficient (Wildman–Crippen LogP) is 2.97. The topological polar surface area (TPSA) is 59.9 Å². The number of nitrogens with one attached hydrogen (secondary N) is 1. The van der Waals surface area contributed by atoms with Crippen LogP contribution in [0.1, 0.15) is 15.9 Å². The molecular weight excluding hydrogens is 311 g/mol. The Morgan fingerprint density at radius 2 is 2.05 bits per heavy atom. The highest BCUT2D eigenvalue weighted by Gasteiger charge is 2.15. The third kappa shape index (κ3) is 3.01. The third-order valence-corrected chi connectivity index (χ3v) is 3.28. The van der Waals surface area contributed by atoms with Gasteiger partial charge in [0.1, 0.15) is 5.82 Å². The second-order valence-electron chi connectivity index (χ2n) is 4.44. The number of hydrogen-bond acceptors (Lipinski definition) is 4. The van der Waals surface area contributed by atoms with Crippen LogP contribution in [0.5, 0.6) is 11.5 Å². The number of halogens is 2. The summed E-state index contributed by atoms with van der Waals surface area (Å²) in [5.74, 6) is 0.108. The zero-order chi connectivity index (χ0) is 15.5. The van der Waals surface area contributed by atoms with Crippen molar-refractivity contribution in [3.05, 3.63) is 58.4 Å². The van der Waals surface area contributed by atoms with Gasteiger partial charge in [-0.05, 0) is 24.3 Å². The summed E-state index contributed by atoms with van der Waals surface area (Å²) in [6.07, 6.45) is 1.38. The highest BCUT2D eigenvalue weighted by atomic mass is 35.5. The molecule has 0 saturated carbocycles. The van der Waals surface area contributed by atoms with Crippen LogP contribution in [0, 0.1) is 5.82 Å². The number of fused-ring (bicyclic) bond motifs is 1. The van der Waals surface area contributed by atoms with Crippen molar-refractivity contribution in [1.82, 2.24) is 5.43 Å². The van der Waals surface area contributed by atoms with E-state index in [0.717, 1.165) is 6.07 Å². The maximum Gasteiger partial charge on any atom is 0.271 e. The Bertz CT molecular complexity index is 764. The summed E-state index contributed by atoms with van der Waals surface area (Å²) < 4.78 is 23.5. The standard InChI is InChI=1S/C15H10ClFN2O3/c16-12-6-14-13(21-8-22-14)5-10(12)7-18-19-15(20)9-2-1-3-11(17)4-9/h1-7H,8H2,(H,19,20)/b18-7-. The summed E-state index contributed by atoms with van der Waals surface area (Å²) in [5, 5.41) is 4.22. The minimum Gasteiger partial charge on any atom is -0.454 e. The van der Waals surface area contributed by atoms with Crippen molar-refractivity contribution in [1.29, 1.82) is 0 Å². The van der Waals surface area contributed by atoms with E-state index in [1.165, 1.54) is 24.4 Å². The van der Waals surface area contributed by atoms with E-state index in [1.54, 1.807) is 12.1 Å². The highest BCUT2D eigenvalue weighted by molar-refractivity contribution is 6.33. The van der Waals surface area contributed by atoms with Crippen LogP contribution in [0.2, 0.25) is 5.02 Å². The van der Waals surface area contributed by atoms with Crippen molar-refractivity contribution >= 4 is 23.7 Å². The molecule has 0 atom stereocenters. The monoisotopic (exact) mass is 320 g/mol. The van der Waals surface area contributed by atoms with Gasteiger partial charge in [0, 0.05) is 17.2 Å². The van der Waals surface area contributed by atoms with Crippen LogP contribution in [0.4, 0.5) is 4.39 Å². The molecule has 1 aliphatic heterocycles. The third-order valence-electron chi connectivity index (χ3n) is 2.95. The molecule has 0 fully saturated rings. The molecule has 2 aromatic carbocycles. The van der Waals surface area contributed by atoms with Crippen LogP contribution >= 0.6 is 11.6 Å². The molecule has 112 valence electrons. The highest BCUT2D eigenvalue weighted by Crippen LogP contribution is 2.36. The van der Waals surface area contributed by atoms with Crippen molar-refractivity contribution < 1.29 is 18.7 Å². The van der Waals surface area contributed by atoms with E-state index >= 15 is 0 Å². The molecule has 1 heterocycles. The SMILES string of the molecule is O=C(N/N=C\c1cc2c(cc1Cl)OCO2)c1cccc(F)c1. The second kappa shape index (κ2) is 6.03. The van der Waals surface area contributed by atoms with Gasteiger partial charge in [0.05, 0.1) is 11.2 Å². The summed E-state index contributed by atoms with van der Waals surface area (Å²) in [5.41, 5.74) is 3.04. The Morgan fingerprint density at radius 3 is 2.82 bits per heavy atom. The molecule has 1 N–H and O–H groups in total.